The highest BCUT2D eigenvalue weighted by Crippen LogP contribution is 2.36. The summed E-state index contributed by atoms with van der Waals surface area (Å²) in [5.41, 5.74) is 2.81. The molecule has 2 aliphatic rings. The third kappa shape index (κ3) is 2.74. The minimum Gasteiger partial charge on any atom is -0.454 e. The molecule has 0 radical (unpaired) electrons. The number of rotatable bonds is 4. The maximum absolute atomic E-state index is 12.8. The average molecular weight is 374 g/mol. The number of ketones is 1. The average Bonchev–Trinajstić information content (AvgIpc) is 3.43. The van der Waals surface area contributed by atoms with Gasteiger partial charge in [0.25, 0.3) is 0 Å². The first-order valence-electron chi connectivity index (χ1n) is 9.20. The van der Waals surface area contributed by atoms with Crippen LogP contribution in [0, 0.1) is 0 Å². The van der Waals surface area contributed by atoms with Crippen molar-refractivity contribution in [2.45, 2.75) is 18.9 Å². The van der Waals surface area contributed by atoms with Crippen molar-refractivity contribution in [3.8, 4) is 11.5 Å². The van der Waals surface area contributed by atoms with E-state index in [1.807, 2.05) is 34.9 Å². The van der Waals surface area contributed by atoms with Gasteiger partial charge in [0.05, 0.1) is 11.6 Å². The number of fused-ring (bicyclic) bond motifs is 2. The van der Waals surface area contributed by atoms with Crippen LogP contribution in [-0.4, -0.2) is 23.1 Å². The van der Waals surface area contributed by atoms with Crippen molar-refractivity contribution in [1.82, 2.24) is 4.57 Å². The van der Waals surface area contributed by atoms with Gasteiger partial charge in [0, 0.05) is 29.6 Å². The predicted molar refractivity (Wildman–Crippen MR) is 103 cm³/mol. The summed E-state index contributed by atoms with van der Waals surface area (Å²) < 4.78 is 12.6. The fourth-order valence-corrected chi connectivity index (χ4v) is 3.85. The Balaban J connectivity index is 1.36. The van der Waals surface area contributed by atoms with Crippen LogP contribution in [0.5, 0.6) is 11.5 Å². The lowest BCUT2D eigenvalue weighted by atomic mass is 10.0. The summed E-state index contributed by atoms with van der Waals surface area (Å²) in [5.74, 6) is 0.904. The maximum atomic E-state index is 12.8. The minimum absolute atomic E-state index is 0.0244. The number of benzene rings is 2. The van der Waals surface area contributed by atoms with Gasteiger partial charge in [-0.25, -0.2) is 0 Å². The molecule has 2 aliphatic heterocycles. The van der Waals surface area contributed by atoms with E-state index in [-0.39, 0.29) is 24.4 Å². The zero-order chi connectivity index (χ0) is 19.1. The number of ether oxygens (including phenoxy) is 2. The lowest BCUT2D eigenvalue weighted by Gasteiger charge is -2.11. The number of amides is 1. The molecule has 0 saturated heterocycles. The minimum atomic E-state index is -0.289. The first-order chi connectivity index (χ1) is 13.7. The Morgan fingerprint density at radius 3 is 2.64 bits per heavy atom. The van der Waals surface area contributed by atoms with Crippen LogP contribution in [0.2, 0.25) is 0 Å². The zero-order valence-electron chi connectivity index (χ0n) is 15.1. The van der Waals surface area contributed by atoms with Crippen LogP contribution in [-0.2, 0) is 11.3 Å². The summed E-state index contributed by atoms with van der Waals surface area (Å²) in [7, 11) is 0. The first-order valence-corrected chi connectivity index (χ1v) is 9.20. The third-order valence-corrected chi connectivity index (χ3v) is 5.24. The molecule has 1 amide bonds. The van der Waals surface area contributed by atoms with Crippen molar-refractivity contribution < 1.29 is 19.1 Å². The van der Waals surface area contributed by atoms with E-state index < -0.39 is 0 Å². The molecule has 2 aromatic carbocycles. The van der Waals surface area contributed by atoms with E-state index in [0.717, 1.165) is 5.69 Å². The second-order valence-electron chi connectivity index (χ2n) is 6.89. The summed E-state index contributed by atoms with van der Waals surface area (Å²) in [6, 6.07) is 18.2. The maximum Gasteiger partial charge on any atom is 0.233 e. The van der Waals surface area contributed by atoms with Gasteiger partial charge in [-0.2, -0.15) is 0 Å². The molecule has 1 atom stereocenters. The summed E-state index contributed by atoms with van der Waals surface area (Å²) in [4.78, 5) is 25.6. The van der Waals surface area contributed by atoms with E-state index in [1.165, 1.54) is 0 Å². The van der Waals surface area contributed by atoms with Crippen molar-refractivity contribution in [3.63, 3.8) is 0 Å². The highest BCUT2D eigenvalue weighted by atomic mass is 16.7. The third-order valence-electron chi connectivity index (χ3n) is 5.24. The van der Waals surface area contributed by atoms with Crippen LogP contribution in [0.15, 0.2) is 60.7 Å². The van der Waals surface area contributed by atoms with Gasteiger partial charge in [-0.15, -0.1) is 0 Å². The highest BCUT2D eigenvalue weighted by molar-refractivity contribution is 6.08. The molecule has 0 saturated carbocycles. The first kappa shape index (κ1) is 16.6. The Kier molecular flexibility index (Phi) is 3.90. The summed E-state index contributed by atoms with van der Waals surface area (Å²) in [5, 5.41) is 2.95. The molecule has 5 rings (SSSR count). The van der Waals surface area contributed by atoms with Crippen LogP contribution >= 0.6 is 0 Å². The fraction of sp³-hybridized carbons (Fsp3) is 0.182. The Morgan fingerprint density at radius 1 is 0.964 bits per heavy atom. The number of hydrogen-bond acceptors (Lipinski definition) is 4. The van der Waals surface area contributed by atoms with E-state index in [1.54, 1.807) is 30.3 Å². The lowest BCUT2D eigenvalue weighted by Crippen LogP contribution is -2.19. The van der Waals surface area contributed by atoms with Crippen LogP contribution in [0.25, 0.3) is 0 Å². The fourth-order valence-electron chi connectivity index (χ4n) is 3.85. The highest BCUT2D eigenvalue weighted by Gasteiger charge is 2.32. The molecule has 28 heavy (non-hydrogen) atoms. The predicted octanol–water partition coefficient (Wildman–Crippen LogP) is 3.57. The van der Waals surface area contributed by atoms with Crippen molar-refractivity contribution in [3.05, 3.63) is 77.6 Å². The van der Waals surface area contributed by atoms with Crippen LogP contribution in [0.1, 0.15) is 34.1 Å². The zero-order valence-corrected chi connectivity index (χ0v) is 15.1. The molecule has 0 fully saturated rings. The van der Waals surface area contributed by atoms with Crippen molar-refractivity contribution in [2.24, 2.45) is 0 Å². The van der Waals surface area contributed by atoms with Gasteiger partial charge < -0.3 is 19.4 Å². The van der Waals surface area contributed by atoms with Crippen LogP contribution in [0.3, 0.4) is 0 Å². The van der Waals surface area contributed by atoms with Gasteiger partial charge in [-0.05, 0) is 30.7 Å². The van der Waals surface area contributed by atoms with Gasteiger partial charge >= 0.3 is 0 Å². The summed E-state index contributed by atoms with van der Waals surface area (Å²) in [6.07, 6.45) is 0.668. The van der Waals surface area contributed by atoms with Crippen LogP contribution in [0.4, 0.5) is 5.69 Å². The Hall–Kier alpha value is -3.54. The van der Waals surface area contributed by atoms with Gasteiger partial charge in [-0.3, -0.25) is 9.59 Å². The second-order valence-corrected chi connectivity index (χ2v) is 6.89. The van der Waals surface area contributed by atoms with Gasteiger partial charge in [0.2, 0.25) is 18.5 Å². The van der Waals surface area contributed by atoms with E-state index in [9.17, 15) is 9.59 Å². The molecule has 6 nitrogen and oxygen atoms in total. The van der Waals surface area contributed by atoms with E-state index in [0.29, 0.717) is 41.4 Å². The van der Waals surface area contributed by atoms with Gasteiger partial charge in [-0.1, -0.05) is 30.3 Å². The monoisotopic (exact) mass is 374 g/mol. The number of carbonyl (C=O) groups is 2. The number of carbonyl (C=O) groups excluding carboxylic acids is 2. The van der Waals surface area contributed by atoms with E-state index in [2.05, 4.69) is 5.32 Å². The molecule has 0 bridgehead atoms. The SMILES string of the molecule is O=C(c1ccccc1)c1ccc2n1CCC2C(=O)Nc1ccc2c(c1)OCO2. The van der Waals surface area contributed by atoms with Gasteiger partial charge in [0.15, 0.2) is 11.5 Å². The molecule has 1 unspecified atom stereocenters. The number of nitrogens with one attached hydrogen (secondary N) is 1. The molecule has 1 aromatic heterocycles. The molecule has 140 valence electrons. The normalized spacial score (nSPS) is 16.6. The number of aromatic nitrogens is 1. The van der Waals surface area contributed by atoms with Crippen molar-refractivity contribution in [2.75, 3.05) is 12.1 Å². The van der Waals surface area contributed by atoms with E-state index in [4.69, 9.17) is 9.47 Å². The Bertz CT molecular complexity index is 1070. The quantitative estimate of drug-likeness (QED) is 0.709. The Morgan fingerprint density at radius 2 is 1.79 bits per heavy atom. The van der Waals surface area contributed by atoms with E-state index >= 15 is 0 Å². The topological polar surface area (TPSA) is 69.6 Å². The van der Waals surface area contributed by atoms with Crippen molar-refractivity contribution >= 4 is 17.4 Å². The molecule has 0 aliphatic carbocycles. The number of anilines is 1. The standard InChI is InChI=1S/C22H18N2O4/c25-21(14-4-2-1-3-5-14)18-8-7-17-16(10-11-24(17)18)22(26)23-15-6-9-19-20(12-15)28-13-27-19/h1-9,12,16H,10-11,13H2,(H,23,26). The number of nitrogens with zero attached hydrogens (tertiary/aromatic N) is 1. The van der Waals surface area contributed by atoms with Gasteiger partial charge in [0.1, 0.15) is 0 Å². The lowest BCUT2D eigenvalue weighted by molar-refractivity contribution is -0.117. The Labute approximate surface area is 161 Å². The number of hydrogen-bond donors (Lipinski definition) is 1. The molecular weight excluding hydrogens is 356 g/mol. The molecular formula is C22H18N2O4. The molecule has 1 N–H and O–H groups in total. The smallest absolute Gasteiger partial charge is 0.233 e. The van der Waals surface area contributed by atoms with Crippen LogP contribution < -0.4 is 14.8 Å². The molecule has 6 heteroatoms. The molecule has 3 heterocycles. The largest absolute Gasteiger partial charge is 0.454 e. The molecule has 0 spiro atoms. The second kappa shape index (κ2) is 6.56. The summed E-state index contributed by atoms with van der Waals surface area (Å²) >= 11 is 0. The summed E-state index contributed by atoms with van der Waals surface area (Å²) in [6.45, 7) is 0.844. The van der Waals surface area contributed by atoms with Crippen molar-refractivity contribution in [1.29, 1.82) is 0 Å². The molecule has 3 aromatic rings.